The number of unbranched alkanes of at least 4 members (excludes halogenated alkanes) is 34. The highest BCUT2D eigenvalue weighted by molar-refractivity contribution is 5.76. The van der Waals surface area contributed by atoms with Crippen LogP contribution in [0.5, 0.6) is 0 Å². The molecule has 3 heterocycles. The van der Waals surface area contributed by atoms with E-state index < -0.39 is 124 Å². The fourth-order valence-electron chi connectivity index (χ4n) is 11.4. The van der Waals surface area contributed by atoms with Crippen LogP contribution < -0.4 is 5.32 Å². The van der Waals surface area contributed by atoms with E-state index in [-0.39, 0.29) is 18.9 Å². The van der Waals surface area contributed by atoms with Crippen LogP contribution in [0.2, 0.25) is 0 Å². The van der Waals surface area contributed by atoms with E-state index in [1.807, 2.05) is 6.08 Å². The van der Waals surface area contributed by atoms with Crippen molar-refractivity contribution in [2.24, 2.45) is 0 Å². The number of amides is 1. The first kappa shape index (κ1) is 74.8. The summed E-state index contributed by atoms with van der Waals surface area (Å²) in [6.07, 6.45) is 22.1. The quantitative estimate of drug-likeness (QED) is 0.0210. The van der Waals surface area contributed by atoms with Gasteiger partial charge >= 0.3 is 0 Å². The molecule has 3 rings (SSSR count). The van der Waals surface area contributed by atoms with Crippen LogP contribution in [0.3, 0.4) is 0 Å². The molecular formula is C63H119NO18. The van der Waals surface area contributed by atoms with Crippen LogP contribution in [0.25, 0.3) is 0 Å². The maximum atomic E-state index is 13.3. The fourth-order valence-corrected chi connectivity index (χ4v) is 11.4. The first-order valence-corrected chi connectivity index (χ1v) is 32.9. The highest BCUT2D eigenvalue weighted by atomic mass is 16.8. The summed E-state index contributed by atoms with van der Waals surface area (Å²) in [5, 5.41) is 120. The fraction of sp³-hybridized carbons (Fsp3) is 0.952. The van der Waals surface area contributed by atoms with E-state index in [1.54, 1.807) is 6.08 Å². The minimum Gasteiger partial charge on any atom is -0.394 e. The predicted octanol–water partition coefficient (Wildman–Crippen LogP) is 7.33. The summed E-state index contributed by atoms with van der Waals surface area (Å²) in [6, 6.07) is -0.967. The van der Waals surface area contributed by atoms with E-state index >= 15 is 0 Å². The largest absolute Gasteiger partial charge is 0.394 e. The number of allylic oxidation sites excluding steroid dienone is 1. The van der Waals surface area contributed by atoms with Gasteiger partial charge in [-0.3, -0.25) is 4.79 Å². The van der Waals surface area contributed by atoms with E-state index in [0.717, 1.165) is 44.9 Å². The van der Waals surface area contributed by atoms with E-state index in [0.29, 0.717) is 6.42 Å². The first-order valence-electron chi connectivity index (χ1n) is 32.9. The molecule has 0 saturated carbocycles. The van der Waals surface area contributed by atoms with Crippen molar-refractivity contribution in [2.45, 2.75) is 356 Å². The van der Waals surface area contributed by atoms with Gasteiger partial charge in [0, 0.05) is 6.42 Å². The van der Waals surface area contributed by atoms with E-state index in [2.05, 4.69) is 19.2 Å². The van der Waals surface area contributed by atoms with Gasteiger partial charge in [-0.05, 0) is 19.3 Å². The molecular weight excluding hydrogens is 1060 g/mol. The van der Waals surface area contributed by atoms with E-state index in [9.17, 15) is 61.0 Å². The van der Waals surface area contributed by atoms with Crippen molar-refractivity contribution in [1.82, 2.24) is 5.32 Å². The Hall–Kier alpha value is -1.47. The zero-order chi connectivity index (χ0) is 59.7. The Kier molecular flexibility index (Phi) is 42.5. The molecule has 3 saturated heterocycles. The summed E-state index contributed by atoms with van der Waals surface area (Å²) in [5.74, 6) is -0.271. The number of aliphatic hydroxyl groups is 11. The lowest BCUT2D eigenvalue weighted by atomic mass is 9.96. The van der Waals surface area contributed by atoms with Gasteiger partial charge in [0.15, 0.2) is 18.9 Å². The third kappa shape index (κ3) is 29.5. The second kappa shape index (κ2) is 46.7. The molecule has 0 radical (unpaired) electrons. The van der Waals surface area contributed by atoms with E-state index in [1.165, 1.54) is 180 Å². The molecule has 12 N–H and O–H groups in total. The maximum absolute atomic E-state index is 13.3. The number of hydrogen-bond acceptors (Lipinski definition) is 18. The molecule has 0 aromatic carbocycles. The lowest BCUT2D eigenvalue weighted by Crippen LogP contribution is -2.66. The molecule has 0 spiro atoms. The smallest absolute Gasteiger partial charge is 0.220 e. The number of carbonyl (C=O) groups is 1. The first-order chi connectivity index (χ1) is 39.8. The van der Waals surface area contributed by atoms with Crippen molar-refractivity contribution in [3.05, 3.63) is 12.2 Å². The van der Waals surface area contributed by atoms with Crippen LogP contribution in [0.1, 0.15) is 251 Å². The van der Waals surface area contributed by atoms with Crippen molar-refractivity contribution in [3.63, 3.8) is 0 Å². The van der Waals surface area contributed by atoms with Crippen molar-refractivity contribution in [1.29, 1.82) is 0 Å². The van der Waals surface area contributed by atoms with Crippen molar-refractivity contribution in [2.75, 3.05) is 26.4 Å². The molecule has 19 heteroatoms. The van der Waals surface area contributed by atoms with Crippen LogP contribution in [0.15, 0.2) is 12.2 Å². The third-order valence-electron chi connectivity index (χ3n) is 16.8. The SMILES string of the molecule is CCCCCCCCCCCC/C=C/C(O)C(COC1OC(CO)C(OC2OC(CO)C(OC3OC(CO)C(O)C(O)C3O)C(O)C2O)C(O)C1O)NC(=O)CCCCCCCCCCCCCCCCCCCCCCCCCCC. The molecule has 0 aliphatic carbocycles. The summed E-state index contributed by atoms with van der Waals surface area (Å²) in [5.41, 5.74) is 0. The molecule has 0 aromatic heterocycles. The molecule has 3 aliphatic rings. The van der Waals surface area contributed by atoms with Crippen molar-refractivity contribution in [3.8, 4) is 0 Å². The van der Waals surface area contributed by atoms with Gasteiger partial charge in [-0.15, -0.1) is 0 Å². The zero-order valence-electron chi connectivity index (χ0n) is 50.7. The predicted molar refractivity (Wildman–Crippen MR) is 314 cm³/mol. The Labute approximate surface area is 493 Å². The van der Waals surface area contributed by atoms with Gasteiger partial charge in [0.25, 0.3) is 0 Å². The summed E-state index contributed by atoms with van der Waals surface area (Å²) in [6.45, 7) is 1.74. The number of aliphatic hydroxyl groups excluding tert-OH is 11. The molecule has 3 aliphatic heterocycles. The highest BCUT2D eigenvalue weighted by Crippen LogP contribution is 2.33. The third-order valence-corrected chi connectivity index (χ3v) is 16.8. The Morgan fingerprint density at radius 1 is 0.427 bits per heavy atom. The number of carbonyl (C=O) groups excluding carboxylic acids is 1. The molecule has 82 heavy (non-hydrogen) atoms. The van der Waals surface area contributed by atoms with Gasteiger partial charge in [0.05, 0.1) is 38.6 Å². The zero-order valence-corrected chi connectivity index (χ0v) is 50.7. The van der Waals surface area contributed by atoms with Gasteiger partial charge in [-0.2, -0.15) is 0 Å². The lowest BCUT2D eigenvalue weighted by Gasteiger charge is -2.48. The maximum Gasteiger partial charge on any atom is 0.220 e. The minimum atomic E-state index is -1.97. The van der Waals surface area contributed by atoms with Crippen LogP contribution >= 0.6 is 0 Å². The van der Waals surface area contributed by atoms with Crippen LogP contribution in [-0.4, -0.2) is 193 Å². The van der Waals surface area contributed by atoms with Crippen molar-refractivity contribution < 1.29 is 89.4 Å². The Balaban J connectivity index is 1.42. The van der Waals surface area contributed by atoms with Crippen molar-refractivity contribution >= 4 is 5.91 Å². The van der Waals surface area contributed by atoms with E-state index in [4.69, 9.17) is 28.4 Å². The Morgan fingerprint density at radius 3 is 1.15 bits per heavy atom. The summed E-state index contributed by atoms with van der Waals surface area (Å²) in [4.78, 5) is 13.3. The molecule has 3 fully saturated rings. The average Bonchev–Trinajstić information content (AvgIpc) is 3.19. The molecule has 0 aromatic rings. The Morgan fingerprint density at radius 2 is 0.756 bits per heavy atom. The van der Waals surface area contributed by atoms with Gasteiger partial charge in [0.1, 0.15) is 73.2 Å². The van der Waals surface area contributed by atoms with Crippen LogP contribution in [0.4, 0.5) is 0 Å². The second-order valence-electron chi connectivity index (χ2n) is 23.9. The molecule has 1 amide bonds. The van der Waals surface area contributed by atoms with Gasteiger partial charge < -0.3 is 89.9 Å². The number of rotatable bonds is 50. The Bertz CT molecular complexity index is 1550. The molecule has 19 nitrogen and oxygen atoms in total. The number of hydrogen-bond donors (Lipinski definition) is 12. The summed E-state index contributed by atoms with van der Waals surface area (Å²) >= 11 is 0. The van der Waals surface area contributed by atoms with Crippen LogP contribution in [0, 0.1) is 0 Å². The topological polar surface area (TPSA) is 307 Å². The minimum absolute atomic E-state index is 0.249. The summed E-state index contributed by atoms with van der Waals surface area (Å²) in [7, 11) is 0. The van der Waals surface area contributed by atoms with Gasteiger partial charge in [-0.25, -0.2) is 0 Å². The highest BCUT2D eigenvalue weighted by Gasteiger charge is 2.53. The average molecular weight is 1180 g/mol. The van der Waals surface area contributed by atoms with Gasteiger partial charge in [-0.1, -0.05) is 238 Å². The van der Waals surface area contributed by atoms with Crippen LogP contribution in [-0.2, 0) is 33.2 Å². The van der Waals surface area contributed by atoms with Gasteiger partial charge in [0.2, 0.25) is 5.91 Å². The second-order valence-corrected chi connectivity index (χ2v) is 23.9. The monoisotopic (exact) mass is 1180 g/mol. The molecule has 0 bridgehead atoms. The number of nitrogens with one attached hydrogen (secondary N) is 1. The molecule has 484 valence electrons. The molecule has 17 unspecified atom stereocenters. The lowest BCUT2D eigenvalue weighted by molar-refractivity contribution is -0.379. The summed E-state index contributed by atoms with van der Waals surface area (Å²) < 4.78 is 34.3. The standard InChI is InChI=1S/C63H119NO18/c1-3-5-7-9-11-13-15-17-18-19-20-21-22-23-24-25-26-27-28-29-31-33-35-37-39-41-51(69)64-46(47(68)40-38-36-34-32-30-16-14-12-10-8-6-4-2)45-77-61-57(75)54(72)59(49(43-66)79-61)82-63-58(76)55(73)60(50(44-67)80-63)81-62-56(74)53(71)52(70)48(42-65)78-62/h38,40,46-50,52-63,65-68,70-76H,3-37,39,41-45H2,1-2H3,(H,64,69)/b40-38+. The number of ether oxygens (including phenoxy) is 6. The molecule has 17 atom stereocenters. The normalized spacial score (nSPS) is 29.6.